The summed E-state index contributed by atoms with van der Waals surface area (Å²) < 4.78 is 0. The fraction of sp³-hybridized carbons (Fsp3) is 0. The van der Waals surface area contributed by atoms with Gasteiger partial charge in [0, 0.05) is 58.2 Å². The molecule has 0 unspecified atom stereocenters. The molecule has 0 saturated carbocycles. The molecule has 1 aliphatic carbocycles. The van der Waals surface area contributed by atoms with Gasteiger partial charge in [0.2, 0.25) is 0 Å². The Kier molecular flexibility index (Phi) is 6.76. The maximum absolute atomic E-state index is 5.18. The van der Waals surface area contributed by atoms with E-state index in [4.69, 9.17) is 19.9 Å². The molecule has 0 bridgehead atoms. The first-order chi connectivity index (χ1) is 23.9. The normalized spacial score (nSPS) is 11.3. The summed E-state index contributed by atoms with van der Waals surface area (Å²) in [7, 11) is 0. The monoisotopic (exact) mass is 612 g/mol. The van der Waals surface area contributed by atoms with Crippen LogP contribution in [0.25, 0.3) is 89.5 Å². The molecule has 0 N–H and O–H groups in total. The van der Waals surface area contributed by atoms with Crippen LogP contribution < -0.4 is 0 Å². The molecule has 0 saturated heterocycles. The van der Waals surface area contributed by atoms with Gasteiger partial charge in [0.25, 0.3) is 0 Å². The van der Waals surface area contributed by atoms with Gasteiger partial charge in [-0.3, -0.25) is 19.9 Å². The Morgan fingerprint density at radius 2 is 0.479 bits per heavy atom. The molecular formula is C44H28N4. The van der Waals surface area contributed by atoms with Crippen LogP contribution in [0, 0.1) is 0 Å². The van der Waals surface area contributed by atoms with Crippen LogP contribution in [0.2, 0.25) is 0 Å². The molecule has 8 aromatic rings. The zero-order valence-electron chi connectivity index (χ0n) is 26.0. The summed E-state index contributed by atoms with van der Waals surface area (Å²) in [5, 5.41) is 0. The van der Waals surface area contributed by atoms with Gasteiger partial charge in [-0.15, -0.1) is 0 Å². The van der Waals surface area contributed by atoms with E-state index in [1.165, 1.54) is 0 Å². The molecule has 6 aromatic carbocycles. The molecule has 224 valence electrons. The summed E-state index contributed by atoms with van der Waals surface area (Å²) in [6.45, 7) is 0. The van der Waals surface area contributed by atoms with Crippen molar-refractivity contribution in [2.24, 2.45) is 0 Å². The summed E-state index contributed by atoms with van der Waals surface area (Å²) in [5.41, 5.74) is 16.0. The molecular weight excluding hydrogens is 585 g/mol. The lowest BCUT2D eigenvalue weighted by Gasteiger charge is -2.30. The quantitative estimate of drug-likeness (QED) is 0.198. The van der Waals surface area contributed by atoms with Crippen molar-refractivity contribution in [3.05, 3.63) is 170 Å². The third-order valence-electron chi connectivity index (χ3n) is 9.06. The Morgan fingerprint density at radius 3 is 0.792 bits per heavy atom. The first kappa shape index (κ1) is 27.8. The summed E-state index contributed by atoms with van der Waals surface area (Å²) in [6, 6.07) is 51.1. The lowest BCUT2D eigenvalue weighted by Crippen LogP contribution is -2.08. The number of fused-ring (bicyclic) bond motifs is 8. The van der Waals surface area contributed by atoms with Crippen molar-refractivity contribution in [1.82, 2.24) is 19.9 Å². The second-order valence-corrected chi connectivity index (χ2v) is 11.8. The van der Waals surface area contributed by atoms with E-state index in [0.29, 0.717) is 0 Å². The maximum atomic E-state index is 5.18. The van der Waals surface area contributed by atoms with Crippen molar-refractivity contribution in [3.8, 4) is 89.5 Å². The van der Waals surface area contributed by atoms with Gasteiger partial charge in [-0.2, -0.15) is 0 Å². The highest BCUT2D eigenvalue weighted by Crippen LogP contribution is 2.58. The van der Waals surface area contributed by atoms with E-state index in [1.54, 1.807) is 24.8 Å². The van der Waals surface area contributed by atoms with E-state index in [1.807, 2.05) is 0 Å². The third-order valence-corrected chi connectivity index (χ3v) is 9.06. The van der Waals surface area contributed by atoms with E-state index in [-0.39, 0.29) is 0 Å². The van der Waals surface area contributed by atoms with Gasteiger partial charge in [0.05, 0.1) is 22.8 Å². The standard InChI is InChI=1S/C44H28N4/c1-5-15-29(16-6-1)35-36(30-17-7-2-8-18-30)38(32-21-11-4-12-22-32)40-39(37(35)31-19-9-3-10-20-31)43-41(45-25-27-47-43)33-23-13-14-24-34(33)42-44(40)48-28-26-46-42/h1-28H. The van der Waals surface area contributed by atoms with E-state index in [9.17, 15) is 0 Å². The number of rotatable bonds is 4. The largest absolute Gasteiger partial charge is 0.252 e. The lowest BCUT2D eigenvalue weighted by molar-refractivity contribution is 1.18. The Hall–Kier alpha value is -6.52. The molecule has 0 spiro atoms. The van der Waals surface area contributed by atoms with Gasteiger partial charge in [-0.1, -0.05) is 146 Å². The zero-order valence-corrected chi connectivity index (χ0v) is 26.0. The topological polar surface area (TPSA) is 51.6 Å². The molecule has 0 amide bonds. The summed E-state index contributed by atoms with van der Waals surface area (Å²) in [5.74, 6) is 0. The highest BCUT2D eigenvalue weighted by atomic mass is 14.8. The van der Waals surface area contributed by atoms with Crippen molar-refractivity contribution >= 4 is 0 Å². The summed E-state index contributed by atoms with van der Waals surface area (Å²) in [4.78, 5) is 20.5. The van der Waals surface area contributed by atoms with Gasteiger partial charge in [-0.05, 0) is 33.4 Å². The summed E-state index contributed by atoms with van der Waals surface area (Å²) >= 11 is 0. The molecule has 0 fully saturated rings. The molecule has 4 heteroatoms. The van der Waals surface area contributed by atoms with Gasteiger partial charge in [0.15, 0.2) is 0 Å². The summed E-state index contributed by atoms with van der Waals surface area (Å²) in [6.07, 6.45) is 7.17. The minimum absolute atomic E-state index is 0.809. The predicted octanol–water partition coefficient (Wildman–Crippen LogP) is 10.9. The van der Waals surface area contributed by atoms with E-state index in [2.05, 4.69) is 146 Å². The Labute approximate surface area is 279 Å². The average molecular weight is 613 g/mol. The van der Waals surface area contributed by atoms with Crippen molar-refractivity contribution in [2.75, 3.05) is 0 Å². The molecule has 1 aliphatic rings. The highest BCUT2D eigenvalue weighted by Gasteiger charge is 2.34. The zero-order chi connectivity index (χ0) is 31.9. The number of hydrogen-bond acceptors (Lipinski definition) is 4. The first-order valence-electron chi connectivity index (χ1n) is 16.1. The van der Waals surface area contributed by atoms with Gasteiger partial charge in [0.1, 0.15) is 0 Å². The van der Waals surface area contributed by atoms with Crippen LogP contribution in [-0.4, -0.2) is 19.9 Å². The van der Waals surface area contributed by atoms with Crippen molar-refractivity contribution in [2.45, 2.75) is 0 Å². The molecule has 48 heavy (non-hydrogen) atoms. The molecule has 0 aliphatic heterocycles. The maximum Gasteiger partial charge on any atom is 0.0978 e. The van der Waals surface area contributed by atoms with Crippen LogP contribution in [0.1, 0.15) is 0 Å². The number of nitrogens with zero attached hydrogens (tertiary/aromatic N) is 4. The average Bonchev–Trinajstić information content (AvgIpc) is 3.17. The van der Waals surface area contributed by atoms with Crippen molar-refractivity contribution in [3.63, 3.8) is 0 Å². The fourth-order valence-electron chi connectivity index (χ4n) is 7.13. The second-order valence-electron chi connectivity index (χ2n) is 11.8. The van der Waals surface area contributed by atoms with Crippen LogP contribution in [0.15, 0.2) is 170 Å². The predicted molar refractivity (Wildman–Crippen MR) is 195 cm³/mol. The van der Waals surface area contributed by atoms with Crippen LogP contribution in [0.4, 0.5) is 0 Å². The second kappa shape index (κ2) is 11.7. The highest BCUT2D eigenvalue weighted by molar-refractivity contribution is 6.17. The molecule has 0 atom stereocenters. The Balaban J connectivity index is 1.63. The fourth-order valence-corrected chi connectivity index (χ4v) is 7.13. The number of hydrogen-bond donors (Lipinski definition) is 0. The first-order valence-corrected chi connectivity index (χ1v) is 16.1. The number of aromatic nitrogens is 4. The minimum Gasteiger partial charge on any atom is -0.252 e. The molecule has 9 rings (SSSR count). The van der Waals surface area contributed by atoms with Crippen LogP contribution in [0.5, 0.6) is 0 Å². The van der Waals surface area contributed by atoms with Crippen LogP contribution in [0.3, 0.4) is 0 Å². The van der Waals surface area contributed by atoms with Crippen LogP contribution in [-0.2, 0) is 0 Å². The Morgan fingerprint density at radius 1 is 0.229 bits per heavy atom. The molecule has 4 nitrogen and oxygen atoms in total. The van der Waals surface area contributed by atoms with E-state index < -0.39 is 0 Å². The molecule has 2 aromatic heterocycles. The Bertz CT molecular complexity index is 2250. The smallest absolute Gasteiger partial charge is 0.0978 e. The third kappa shape index (κ3) is 4.46. The van der Waals surface area contributed by atoms with E-state index in [0.717, 1.165) is 89.5 Å². The lowest BCUT2D eigenvalue weighted by atomic mass is 9.74. The molecule has 2 heterocycles. The van der Waals surface area contributed by atoms with Crippen molar-refractivity contribution < 1.29 is 0 Å². The number of benzene rings is 6. The molecule has 0 radical (unpaired) electrons. The van der Waals surface area contributed by atoms with Gasteiger partial charge >= 0.3 is 0 Å². The van der Waals surface area contributed by atoms with Crippen molar-refractivity contribution in [1.29, 1.82) is 0 Å². The van der Waals surface area contributed by atoms with E-state index >= 15 is 0 Å². The minimum atomic E-state index is 0.809. The van der Waals surface area contributed by atoms with Gasteiger partial charge < -0.3 is 0 Å². The SMILES string of the molecule is c1ccc(-c2c(-c3ccccc3)c(-c3ccccc3)c3c(c2-c2ccccc2)-c2nccnc2-c2ccccc2-c2nccnc2-3)cc1. The van der Waals surface area contributed by atoms with Crippen LogP contribution >= 0.6 is 0 Å². The van der Waals surface area contributed by atoms with Gasteiger partial charge in [-0.25, -0.2) is 0 Å².